The Labute approximate surface area is 194 Å². The molecule has 0 atom stereocenters. The maximum Gasteiger partial charge on any atom is 0.250 e. The van der Waals surface area contributed by atoms with Gasteiger partial charge >= 0.3 is 0 Å². The number of hydrogen-bond acceptors (Lipinski definition) is 8. The van der Waals surface area contributed by atoms with E-state index in [2.05, 4.69) is 42.4 Å². The van der Waals surface area contributed by atoms with E-state index in [1.807, 2.05) is 42.5 Å². The molecular weight excluding hydrogens is 414 g/mol. The number of hydrazone groups is 1. The Hall–Kier alpha value is -3.68. The Morgan fingerprint density at radius 3 is 2.06 bits per heavy atom. The third-order valence-electron chi connectivity index (χ3n) is 5.91. The van der Waals surface area contributed by atoms with Crippen LogP contribution in [0.1, 0.15) is 36.8 Å². The lowest BCUT2D eigenvalue weighted by atomic mass is 10.2. The minimum absolute atomic E-state index is 0.465. The van der Waals surface area contributed by atoms with E-state index in [1.165, 1.54) is 25.7 Å². The first-order valence-electron chi connectivity index (χ1n) is 11.7. The van der Waals surface area contributed by atoms with Crippen LogP contribution in [0.25, 0.3) is 0 Å². The highest BCUT2D eigenvalue weighted by Crippen LogP contribution is 2.23. The van der Waals surface area contributed by atoms with Crippen LogP contribution in [0.2, 0.25) is 0 Å². The van der Waals surface area contributed by atoms with Crippen molar-refractivity contribution >= 4 is 24.1 Å². The largest absolute Gasteiger partial charge is 0.488 e. The molecule has 3 heterocycles. The summed E-state index contributed by atoms with van der Waals surface area (Å²) in [5.41, 5.74) is 5.03. The van der Waals surface area contributed by atoms with Crippen LogP contribution in [-0.4, -0.2) is 47.3 Å². The zero-order chi connectivity index (χ0) is 22.3. The number of hydrogen-bond donors (Lipinski definition) is 1. The zero-order valence-corrected chi connectivity index (χ0v) is 18.7. The Balaban J connectivity index is 1.31. The topological polar surface area (TPSA) is 78.8 Å². The van der Waals surface area contributed by atoms with Crippen LogP contribution >= 0.6 is 0 Å². The van der Waals surface area contributed by atoms with Crippen molar-refractivity contribution < 1.29 is 4.74 Å². The minimum Gasteiger partial charge on any atom is -0.488 e. The van der Waals surface area contributed by atoms with E-state index >= 15 is 0 Å². The highest BCUT2D eigenvalue weighted by Gasteiger charge is 2.21. The molecule has 2 aliphatic rings. The van der Waals surface area contributed by atoms with Crippen molar-refractivity contribution in [2.45, 2.75) is 32.3 Å². The number of para-hydroxylation sites is 1. The quantitative estimate of drug-likeness (QED) is 0.415. The van der Waals surface area contributed by atoms with Gasteiger partial charge in [0, 0.05) is 31.7 Å². The molecule has 8 nitrogen and oxygen atoms in total. The van der Waals surface area contributed by atoms with Gasteiger partial charge in [0.15, 0.2) is 0 Å². The molecule has 0 saturated carbocycles. The van der Waals surface area contributed by atoms with Crippen LogP contribution in [-0.2, 0) is 6.61 Å². The molecule has 33 heavy (non-hydrogen) atoms. The van der Waals surface area contributed by atoms with Gasteiger partial charge in [0.2, 0.25) is 17.8 Å². The molecule has 0 bridgehead atoms. The van der Waals surface area contributed by atoms with Crippen molar-refractivity contribution in [1.82, 2.24) is 15.0 Å². The van der Waals surface area contributed by atoms with Gasteiger partial charge in [-0.2, -0.15) is 20.1 Å². The third-order valence-corrected chi connectivity index (χ3v) is 5.91. The Bertz CT molecular complexity index is 1040. The Morgan fingerprint density at radius 2 is 1.39 bits per heavy atom. The van der Waals surface area contributed by atoms with Crippen LogP contribution in [0, 0.1) is 0 Å². The molecule has 5 rings (SSSR count). The average Bonchev–Trinajstić information content (AvgIpc) is 3.59. The summed E-state index contributed by atoms with van der Waals surface area (Å²) in [5, 5.41) is 4.42. The molecule has 1 N–H and O–H groups in total. The minimum atomic E-state index is 0.465. The lowest BCUT2D eigenvalue weighted by Gasteiger charge is -2.20. The molecule has 2 fully saturated rings. The molecule has 3 aromatic rings. The van der Waals surface area contributed by atoms with E-state index in [0.29, 0.717) is 12.6 Å². The second-order valence-electron chi connectivity index (χ2n) is 8.33. The highest BCUT2D eigenvalue weighted by atomic mass is 16.5. The maximum absolute atomic E-state index is 6.03. The van der Waals surface area contributed by atoms with Crippen molar-refractivity contribution in [2.75, 3.05) is 41.4 Å². The predicted molar refractivity (Wildman–Crippen MR) is 131 cm³/mol. The molecule has 0 radical (unpaired) electrons. The van der Waals surface area contributed by atoms with Gasteiger partial charge in [0.05, 0.1) is 6.21 Å². The number of benzene rings is 2. The van der Waals surface area contributed by atoms with Crippen LogP contribution in [0.4, 0.5) is 17.8 Å². The van der Waals surface area contributed by atoms with Crippen LogP contribution in [0.5, 0.6) is 5.75 Å². The highest BCUT2D eigenvalue weighted by molar-refractivity contribution is 5.83. The number of aromatic nitrogens is 3. The summed E-state index contributed by atoms with van der Waals surface area (Å²) in [7, 11) is 0. The fourth-order valence-electron chi connectivity index (χ4n) is 4.13. The second kappa shape index (κ2) is 10.3. The van der Waals surface area contributed by atoms with Gasteiger partial charge in [-0.15, -0.1) is 0 Å². The Morgan fingerprint density at radius 1 is 0.788 bits per heavy atom. The standard InChI is InChI=1S/C25H29N7O/c1-2-10-20(11-3-1)19-33-22-13-5-4-12-21(22)18-26-30-23-27-24(31-14-6-7-15-31)29-25(28-23)32-16-8-9-17-32/h1-5,10-13,18H,6-9,14-17,19H2,(H,27,28,29,30)/b26-18+. The summed E-state index contributed by atoms with van der Waals surface area (Å²) in [5.74, 6) is 2.70. The number of ether oxygens (including phenoxy) is 1. The normalized spacial score (nSPS) is 16.0. The summed E-state index contributed by atoms with van der Waals surface area (Å²) in [6.45, 7) is 4.44. The molecule has 0 aliphatic carbocycles. The summed E-state index contributed by atoms with van der Waals surface area (Å²) in [4.78, 5) is 18.5. The molecule has 0 amide bonds. The van der Waals surface area contributed by atoms with Gasteiger partial charge in [-0.25, -0.2) is 5.43 Å². The fraction of sp³-hybridized carbons (Fsp3) is 0.360. The fourth-order valence-corrected chi connectivity index (χ4v) is 4.13. The first-order valence-corrected chi connectivity index (χ1v) is 11.7. The molecular formula is C25H29N7O. The summed E-state index contributed by atoms with van der Waals surface area (Å²) in [6, 6.07) is 18.0. The molecule has 1 aromatic heterocycles. The van der Waals surface area contributed by atoms with Crippen molar-refractivity contribution in [3.63, 3.8) is 0 Å². The molecule has 2 saturated heterocycles. The van der Waals surface area contributed by atoms with Crippen LogP contribution in [0.3, 0.4) is 0 Å². The maximum atomic E-state index is 6.03. The lowest BCUT2D eigenvalue weighted by Crippen LogP contribution is -2.25. The van der Waals surface area contributed by atoms with Gasteiger partial charge in [0.25, 0.3) is 0 Å². The van der Waals surface area contributed by atoms with E-state index in [9.17, 15) is 0 Å². The third kappa shape index (κ3) is 5.39. The first-order chi connectivity index (χ1) is 16.3. The first kappa shape index (κ1) is 21.2. The van der Waals surface area contributed by atoms with E-state index in [1.54, 1.807) is 6.21 Å². The van der Waals surface area contributed by atoms with Crippen molar-refractivity contribution in [3.05, 3.63) is 65.7 Å². The number of nitrogens with one attached hydrogen (secondary N) is 1. The zero-order valence-electron chi connectivity index (χ0n) is 18.7. The molecule has 2 aliphatic heterocycles. The lowest BCUT2D eigenvalue weighted by molar-refractivity contribution is 0.306. The van der Waals surface area contributed by atoms with E-state index in [0.717, 1.165) is 55.0 Å². The van der Waals surface area contributed by atoms with E-state index in [4.69, 9.17) is 9.72 Å². The monoisotopic (exact) mass is 443 g/mol. The van der Waals surface area contributed by atoms with Gasteiger partial charge in [0.1, 0.15) is 12.4 Å². The van der Waals surface area contributed by atoms with Crippen LogP contribution in [0.15, 0.2) is 59.7 Å². The van der Waals surface area contributed by atoms with Crippen molar-refractivity contribution in [2.24, 2.45) is 5.10 Å². The van der Waals surface area contributed by atoms with Crippen molar-refractivity contribution in [1.29, 1.82) is 0 Å². The second-order valence-corrected chi connectivity index (χ2v) is 8.33. The van der Waals surface area contributed by atoms with Crippen molar-refractivity contribution in [3.8, 4) is 5.75 Å². The van der Waals surface area contributed by atoms with Gasteiger partial charge < -0.3 is 14.5 Å². The number of nitrogens with zero attached hydrogens (tertiary/aromatic N) is 6. The average molecular weight is 444 g/mol. The predicted octanol–water partition coefficient (Wildman–Crippen LogP) is 4.10. The van der Waals surface area contributed by atoms with Crippen LogP contribution < -0.4 is 20.0 Å². The van der Waals surface area contributed by atoms with Gasteiger partial charge in [-0.05, 0) is 43.4 Å². The van der Waals surface area contributed by atoms with E-state index in [-0.39, 0.29) is 0 Å². The molecule has 8 heteroatoms. The van der Waals surface area contributed by atoms with E-state index < -0.39 is 0 Å². The Kier molecular flexibility index (Phi) is 6.61. The van der Waals surface area contributed by atoms with Gasteiger partial charge in [-0.3, -0.25) is 0 Å². The number of anilines is 3. The van der Waals surface area contributed by atoms with Gasteiger partial charge in [-0.1, -0.05) is 42.5 Å². The molecule has 170 valence electrons. The summed E-state index contributed by atoms with van der Waals surface area (Å²) in [6.07, 6.45) is 6.43. The summed E-state index contributed by atoms with van der Waals surface area (Å²) >= 11 is 0. The summed E-state index contributed by atoms with van der Waals surface area (Å²) < 4.78 is 6.03. The number of rotatable bonds is 8. The molecule has 0 unspecified atom stereocenters. The molecule has 0 spiro atoms. The SMILES string of the molecule is C(=N\Nc1nc(N2CCCC2)nc(N2CCCC2)n1)/c1ccccc1OCc1ccccc1. The molecule has 2 aromatic carbocycles. The smallest absolute Gasteiger partial charge is 0.250 e.